The van der Waals surface area contributed by atoms with Crippen molar-refractivity contribution in [1.29, 1.82) is 0 Å². The average molecular weight is 503 g/mol. The van der Waals surface area contributed by atoms with Gasteiger partial charge in [-0.1, -0.05) is 12.1 Å². The predicted molar refractivity (Wildman–Crippen MR) is 133 cm³/mol. The van der Waals surface area contributed by atoms with Gasteiger partial charge in [0, 0.05) is 28.7 Å². The number of methoxy groups -OCH3 is 1. The minimum atomic E-state index is -0.967. The van der Waals surface area contributed by atoms with Crippen LogP contribution < -0.4 is 10.1 Å². The summed E-state index contributed by atoms with van der Waals surface area (Å²) >= 11 is 0. The van der Waals surface area contributed by atoms with E-state index in [0.29, 0.717) is 25.1 Å². The SMILES string of the molecule is COc1ccc(O)c(C(=O)c2ccc(C(=O)N3CCCC3C(=O)Nc3ccc4[nH]ncc4c3)cc2)c1F. The molecule has 1 fully saturated rings. The molecule has 2 heterocycles. The first-order chi connectivity index (χ1) is 17.9. The number of phenols is 1. The van der Waals surface area contributed by atoms with Crippen molar-refractivity contribution in [2.45, 2.75) is 18.9 Å². The van der Waals surface area contributed by atoms with Gasteiger partial charge in [0.05, 0.1) is 18.8 Å². The van der Waals surface area contributed by atoms with Crippen LogP contribution in [0.4, 0.5) is 10.1 Å². The zero-order valence-corrected chi connectivity index (χ0v) is 19.8. The fourth-order valence-electron chi connectivity index (χ4n) is 4.52. The predicted octanol–water partition coefficient (Wildman–Crippen LogP) is 3.89. The molecule has 2 amide bonds. The minimum absolute atomic E-state index is 0.0874. The third-order valence-electron chi connectivity index (χ3n) is 6.45. The van der Waals surface area contributed by atoms with Crippen LogP contribution in [-0.4, -0.2) is 57.5 Å². The number of benzene rings is 3. The number of halogens is 1. The van der Waals surface area contributed by atoms with E-state index < -0.39 is 29.0 Å². The number of ketones is 1. The van der Waals surface area contributed by atoms with Gasteiger partial charge in [0.1, 0.15) is 17.4 Å². The van der Waals surface area contributed by atoms with Crippen LogP contribution in [0, 0.1) is 5.82 Å². The smallest absolute Gasteiger partial charge is 0.254 e. The molecule has 3 N–H and O–H groups in total. The number of hydrogen-bond acceptors (Lipinski definition) is 6. The van der Waals surface area contributed by atoms with Crippen molar-refractivity contribution in [3.8, 4) is 11.5 Å². The molecule has 1 aliphatic rings. The van der Waals surface area contributed by atoms with E-state index in [1.807, 2.05) is 6.07 Å². The molecule has 9 nitrogen and oxygen atoms in total. The van der Waals surface area contributed by atoms with E-state index in [-0.39, 0.29) is 28.7 Å². The number of rotatable bonds is 6. The number of carbonyl (C=O) groups excluding carboxylic acids is 3. The van der Waals surface area contributed by atoms with Gasteiger partial charge in [-0.15, -0.1) is 0 Å². The van der Waals surface area contributed by atoms with E-state index in [9.17, 15) is 23.9 Å². The molecule has 0 saturated carbocycles. The van der Waals surface area contributed by atoms with Crippen LogP contribution >= 0.6 is 0 Å². The molecule has 1 unspecified atom stereocenters. The molecule has 37 heavy (non-hydrogen) atoms. The number of amides is 2. The second-order valence-corrected chi connectivity index (χ2v) is 8.70. The highest BCUT2D eigenvalue weighted by molar-refractivity contribution is 6.11. The lowest BCUT2D eigenvalue weighted by molar-refractivity contribution is -0.119. The standard InChI is InChI=1S/C27H23FN4O5/c1-37-22-11-10-21(33)23(24(22)28)25(34)15-4-6-16(7-5-15)27(36)32-12-2-3-20(32)26(35)30-18-8-9-19-17(13-18)14-29-31-19/h4-11,13-14,20,33H,2-3,12H2,1H3,(H,29,31)(H,30,35). The first-order valence-corrected chi connectivity index (χ1v) is 11.6. The van der Waals surface area contributed by atoms with Crippen LogP contribution in [0.1, 0.15) is 39.1 Å². The van der Waals surface area contributed by atoms with E-state index in [0.717, 1.165) is 10.9 Å². The normalized spacial score (nSPS) is 15.1. The number of carbonyl (C=O) groups is 3. The monoisotopic (exact) mass is 502 g/mol. The second-order valence-electron chi connectivity index (χ2n) is 8.70. The molecular weight excluding hydrogens is 479 g/mol. The van der Waals surface area contributed by atoms with Gasteiger partial charge in [0.25, 0.3) is 5.91 Å². The van der Waals surface area contributed by atoms with Gasteiger partial charge in [-0.25, -0.2) is 4.39 Å². The van der Waals surface area contributed by atoms with Gasteiger partial charge in [0.15, 0.2) is 17.3 Å². The van der Waals surface area contributed by atoms with Crippen LogP contribution in [0.5, 0.6) is 11.5 Å². The number of hydrogen-bond donors (Lipinski definition) is 3. The van der Waals surface area contributed by atoms with Crippen molar-refractivity contribution in [2.75, 3.05) is 19.0 Å². The second kappa shape index (κ2) is 9.73. The Morgan fingerprint density at radius 3 is 2.62 bits per heavy atom. The first-order valence-electron chi connectivity index (χ1n) is 11.6. The maximum absolute atomic E-state index is 14.6. The summed E-state index contributed by atoms with van der Waals surface area (Å²) in [5, 5.41) is 20.6. The molecule has 5 rings (SSSR count). The highest BCUT2D eigenvalue weighted by Crippen LogP contribution is 2.30. The molecule has 0 spiro atoms. The number of nitrogens with zero attached hydrogens (tertiary/aromatic N) is 2. The summed E-state index contributed by atoms with van der Waals surface area (Å²) in [5.74, 6) is -3.04. The van der Waals surface area contributed by atoms with Crippen molar-refractivity contribution >= 4 is 34.2 Å². The molecule has 3 aromatic carbocycles. The highest BCUT2D eigenvalue weighted by atomic mass is 19.1. The van der Waals surface area contributed by atoms with Crippen molar-refractivity contribution in [3.63, 3.8) is 0 Å². The number of fused-ring (bicyclic) bond motifs is 1. The molecule has 10 heteroatoms. The largest absolute Gasteiger partial charge is 0.507 e. The molecule has 4 aromatic rings. The molecule has 0 radical (unpaired) electrons. The zero-order chi connectivity index (χ0) is 26.1. The number of ether oxygens (including phenoxy) is 1. The van der Waals surface area contributed by atoms with E-state index >= 15 is 0 Å². The lowest BCUT2D eigenvalue weighted by atomic mass is 10.00. The van der Waals surface area contributed by atoms with Crippen molar-refractivity contribution in [3.05, 3.63) is 83.3 Å². The Bertz CT molecular complexity index is 1520. The Kier molecular flexibility index (Phi) is 6.31. The van der Waals surface area contributed by atoms with E-state index in [1.165, 1.54) is 48.4 Å². The summed E-state index contributed by atoms with van der Waals surface area (Å²) in [5.41, 5.74) is 1.31. The topological polar surface area (TPSA) is 125 Å². The molecule has 1 atom stereocenters. The zero-order valence-electron chi connectivity index (χ0n) is 19.8. The lowest BCUT2D eigenvalue weighted by Gasteiger charge is -2.24. The van der Waals surface area contributed by atoms with E-state index in [4.69, 9.17) is 4.74 Å². The summed E-state index contributed by atoms with van der Waals surface area (Å²) in [4.78, 5) is 40.6. The van der Waals surface area contributed by atoms with Gasteiger partial charge in [-0.05, 0) is 55.3 Å². The molecule has 0 bridgehead atoms. The fraction of sp³-hybridized carbons (Fsp3) is 0.185. The summed E-state index contributed by atoms with van der Waals surface area (Å²) in [6, 6.07) is 12.8. The van der Waals surface area contributed by atoms with Gasteiger partial charge >= 0.3 is 0 Å². The van der Waals surface area contributed by atoms with Crippen LogP contribution in [0.2, 0.25) is 0 Å². The van der Waals surface area contributed by atoms with Crippen LogP contribution in [0.25, 0.3) is 10.9 Å². The molecule has 1 aromatic heterocycles. The molecular formula is C27H23FN4O5. The summed E-state index contributed by atoms with van der Waals surface area (Å²) in [6.07, 6.45) is 2.86. The Morgan fingerprint density at radius 2 is 1.86 bits per heavy atom. The number of aromatic amines is 1. The Balaban J connectivity index is 1.31. The first kappa shape index (κ1) is 24.0. The number of H-pyrrole nitrogens is 1. The number of nitrogens with one attached hydrogen (secondary N) is 2. The number of aromatic hydroxyl groups is 1. The van der Waals surface area contributed by atoms with Crippen molar-refractivity contribution in [2.24, 2.45) is 0 Å². The van der Waals surface area contributed by atoms with Crippen LogP contribution in [0.3, 0.4) is 0 Å². The Labute approximate surface area is 210 Å². The molecule has 1 aliphatic heterocycles. The summed E-state index contributed by atoms with van der Waals surface area (Å²) in [6.45, 7) is 0.418. The van der Waals surface area contributed by atoms with E-state index in [1.54, 1.807) is 18.3 Å². The number of phenolic OH excluding ortho intramolecular Hbond substituents is 1. The van der Waals surface area contributed by atoms with Crippen LogP contribution in [-0.2, 0) is 4.79 Å². The maximum atomic E-state index is 14.6. The van der Waals surface area contributed by atoms with Gasteiger partial charge in [0.2, 0.25) is 5.91 Å². The minimum Gasteiger partial charge on any atom is -0.507 e. The summed E-state index contributed by atoms with van der Waals surface area (Å²) in [7, 11) is 1.26. The quantitative estimate of drug-likeness (QED) is 0.344. The third-order valence-corrected chi connectivity index (χ3v) is 6.45. The van der Waals surface area contributed by atoms with Gasteiger partial charge < -0.3 is 20.1 Å². The average Bonchev–Trinajstić information content (AvgIpc) is 3.58. The van der Waals surface area contributed by atoms with Gasteiger partial charge in [-0.2, -0.15) is 5.10 Å². The van der Waals surface area contributed by atoms with Gasteiger partial charge in [-0.3, -0.25) is 19.5 Å². The Hall–Kier alpha value is -4.73. The summed E-state index contributed by atoms with van der Waals surface area (Å²) < 4.78 is 19.5. The number of aromatic nitrogens is 2. The maximum Gasteiger partial charge on any atom is 0.254 e. The number of likely N-dealkylation sites (tertiary alicyclic amines) is 1. The highest BCUT2D eigenvalue weighted by Gasteiger charge is 2.34. The van der Waals surface area contributed by atoms with E-state index in [2.05, 4.69) is 15.5 Å². The molecule has 0 aliphatic carbocycles. The van der Waals surface area contributed by atoms with Crippen molar-refractivity contribution < 1.29 is 28.6 Å². The van der Waals surface area contributed by atoms with Crippen molar-refractivity contribution in [1.82, 2.24) is 15.1 Å². The number of anilines is 1. The fourth-order valence-corrected chi connectivity index (χ4v) is 4.52. The molecule has 188 valence electrons. The third kappa shape index (κ3) is 4.49. The Morgan fingerprint density at radius 1 is 1.11 bits per heavy atom. The lowest BCUT2D eigenvalue weighted by Crippen LogP contribution is -2.43. The molecule has 1 saturated heterocycles. The van der Waals surface area contributed by atoms with Crippen LogP contribution in [0.15, 0.2) is 60.8 Å².